The molecule has 1 atom stereocenters. The minimum atomic E-state index is -0.587. The fourth-order valence-corrected chi connectivity index (χ4v) is 4.72. The summed E-state index contributed by atoms with van der Waals surface area (Å²) in [6.45, 7) is 6.65. The number of carbonyl (C=O) groups excluding carboxylic acids is 1. The van der Waals surface area contributed by atoms with E-state index in [2.05, 4.69) is 39.8 Å². The maximum Gasteiger partial charge on any atom is 0.255 e. The molecule has 3 aromatic carbocycles. The summed E-state index contributed by atoms with van der Waals surface area (Å²) in [7, 11) is 3.11. The molecule has 0 saturated carbocycles. The van der Waals surface area contributed by atoms with Crippen LogP contribution in [0.1, 0.15) is 36.6 Å². The van der Waals surface area contributed by atoms with Gasteiger partial charge < -0.3 is 29.6 Å². The van der Waals surface area contributed by atoms with Gasteiger partial charge in [-0.15, -0.1) is 0 Å². The number of anilines is 2. The average Bonchev–Trinajstić information content (AvgIpc) is 3.44. The van der Waals surface area contributed by atoms with Gasteiger partial charge in [0.25, 0.3) is 5.91 Å². The molecule has 0 fully saturated rings. The van der Waals surface area contributed by atoms with Crippen molar-refractivity contribution in [2.45, 2.75) is 33.4 Å². The van der Waals surface area contributed by atoms with Crippen molar-refractivity contribution in [1.82, 2.24) is 14.8 Å². The number of methoxy groups -OCH3 is 2. The van der Waals surface area contributed by atoms with Crippen molar-refractivity contribution in [3.05, 3.63) is 95.0 Å². The number of allylic oxidation sites excluding steroid dienone is 1. The second kappa shape index (κ2) is 12.0. The molecule has 212 valence electrons. The predicted molar refractivity (Wildman–Crippen MR) is 156 cm³/mol. The second-order valence-electron chi connectivity index (χ2n) is 9.53. The van der Waals surface area contributed by atoms with Crippen LogP contribution in [0.4, 0.5) is 11.6 Å². The van der Waals surface area contributed by atoms with E-state index >= 15 is 0 Å². The first kappa shape index (κ1) is 27.6. The van der Waals surface area contributed by atoms with Gasteiger partial charge in [0.2, 0.25) is 5.95 Å². The topological polar surface area (TPSA) is 109 Å². The van der Waals surface area contributed by atoms with Gasteiger partial charge in [-0.2, -0.15) is 10.1 Å². The van der Waals surface area contributed by atoms with Crippen LogP contribution in [0.2, 0.25) is 0 Å². The number of aromatic nitrogens is 3. The third-order valence-corrected chi connectivity index (χ3v) is 6.79. The lowest BCUT2D eigenvalue weighted by molar-refractivity contribution is -0.113. The lowest BCUT2D eigenvalue weighted by Crippen LogP contribution is -2.31. The van der Waals surface area contributed by atoms with E-state index in [-0.39, 0.29) is 5.91 Å². The normalized spacial score (nSPS) is 14.1. The Labute approximate surface area is 238 Å². The molecule has 2 N–H and O–H groups in total. The SMILES string of the molecule is CCOc1cc(C2C(C(=O)Nc3cc(OC)ccc3OC)=C(C)Nc3ncnn32)ccc1OCc1ccc(C)cc1. The third-order valence-electron chi connectivity index (χ3n) is 6.79. The number of hydrogen-bond acceptors (Lipinski definition) is 8. The summed E-state index contributed by atoms with van der Waals surface area (Å²) in [6.07, 6.45) is 1.46. The second-order valence-corrected chi connectivity index (χ2v) is 9.53. The van der Waals surface area contributed by atoms with Crippen molar-refractivity contribution >= 4 is 17.5 Å². The Hall–Kier alpha value is -4.99. The molecule has 1 aliphatic rings. The highest BCUT2D eigenvalue weighted by atomic mass is 16.5. The Morgan fingerprint density at radius 2 is 1.73 bits per heavy atom. The molecule has 10 heteroatoms. The van der Waals surface area contributed by atoms with Crippen molar-refractivity contribution in [1.29, 1.82) is 0 Å². The first-order valence-corrected chi connectivity index (χ1v) is 13.3. The largest absolute Gasteiger partial charge is 0.497 e. The molecular formula is C31H33N5O5. The number of hydrogen-bond donors (Lipinski definition) is 2. The number of carbonyl (C=O) groups is 1. The van der Waals surface area contributed by atoms with Crippen LogP contribution in [-0.2, 0) is 11.4 Å². The molecule has 1 aromatic heterocycles. The minimum absolute atomic E-state index is 0.328. The van der Waals surface area contributed by atoms with Crippen molar-refractivity contribution < 1.29 is 23.7 Å². The van der Waals surface area contributed by atoms with E-state index in [1.54, 1.807) is 37.1 Å². The number of fused-ring (bicyclic) bond motifs is 1. The summed E-state index contributed by atoms with van der Waals surface area (Å²) in [4.78, 5) is 18.2. The summed E-state index contributed by atoms with van der Waals surface area (Å²) < 4.78 is 24.6. The van der Waals surface area contributed by atoms with E-state index in [1.165, 1.54) is 11.9 Å². The number of amides is 1. The minimum Gasteiger partial charge on any atom is -0.497 e. The molecular weight excluding hydrogens is 522 g/mol. The summed E-state index contributed by atoms with van der Waals surface area (Å²) in [6, 6.07) is 18.5. The van der Waals surface area contributed by atoms with Crippen LogP contribution in [0.25, 0.3) is 0 Å². The highest BCUT2D eigenvalue weighted by Gasteiger charge is 2.34. The summed E-state index contributed by atoms with van der Waals surface area (Å²) in [5.74, 6) is 2.48. The monoisotopic (exact) mass is 555 g/mol. The third kappa shape index (κ3) is 5.81. The van der Waals surface area contributed by atoms with Crippen LogP contribution in [0, 0.1) is 6.92 Å². The lowest BCUT2D eigenvalue weighted by atomic mass is 9.94. The van der Waals surface area contributed by atoms with Gasteiger partial charge in [0.1, 0.15) is 30.5 Å². The molecule has 4 aromatic rings. The molecule has 1 amide bonds. The number of benzene rings is 3. The number of ether oxygens (including phenoxy) is 4. The van der Waals surface area contributed by atoms with Gasteiger partial charge in [-0.05, 0) is 56.2 Å². The van der Waals surface area contributed by atoms with Gasteiger partial charge in [-0.1, -0.05) is 35.9 Å². The molecule has 0 radical (unpaired) electrons. The van der Waals surface area contributed by atoms with Crippen molar-refractivity contribution in [3.63, 3.8) is 0 Å². The van der Waals surface area contributed by atoms with Gasteiger partial charge in [0.15, 0.2) is 11.5 Å². The van der Waals surface area contributed by atoms with E-state index in [0.717, 1.165) is 11.1 Å². The van der Waals surface area contributed by atoms with Crippen molar-refractivity contribution in [2.75, 3.05) is 31.5 Å². The van der Waals surface area contributed by atoms with Crippen LogP contribution >= 0.6 is 0 Å². The predicted octanol–water partition coefficient (Wildman–Crippen LogP) is 5.51. The van der Waals surface area contributed by atoms with E-state index in [9.17, 15) is 4.79 Å². The average molecular weight is 556 g/mol. The fourth-order valence-electron chi connectivity index (χ4n) is 4.72. The van der Waals surface area contributed by atoms with Crippen LogP contribution in [0.3, 0.4) is 0 Å². The van der Waals surface area contributed by atoms with E-state index in [0.29, 0.717) is 59.1 Å². The first-order chi connectivity index (χ1) is 19.9. The maximum atomic E-state index is 13.9. The zero-order valence-electron chi connectivity index (χ0n) is 23.7. The first-order valence-electron chi connectivity index (χ1n) is 13.3. The zero-order chi connectivity index (χ0) is 28.9. The van der Waals surface area contributed by atoms with E-state index < -0.39 is 6.04 Å². The molecule has 41 heavy (non-hydrogen) atoms. The van der Waals surface area contributed by atoms with Gasteiger partial charge in [0, 0.05) is 11.8 Å². The Bertz CT molecular complexity index is 1580. The highest BCUT2D eigenvalue weighted by Crippen LogP contribution is 2.40. The van der Waals surface area contributed by atoms with Crippen LogP contribution in [0.5, 0.6) is 23.0 Å². The smallest absolute Gasteiger partial charge is 0.255 e. The van der Waals surface area contributed by atoms with E-state index in [1.807, 2.05) is 44.2 Å². The molecule has 2 heterocycles. The molecule has 0 aliphatic carbocycles. The van der Waals surface area contributed by atoms with Crippen LogP contribution in [-0.4, -0.2) is 41.5 Å². The van der Waals surface area contributed by atoms with Crippen molar-refractivity contribution in [3.8, 4) is 23.0 Å². The fraction of sp³-hybridized carbons (Fsp3) is 0.258. The lowest BCUT2D eigenvalue weighted by Gasteiger charge is -2.29. The number of rotatable bonds is 10. The number of nitrogens with one attached hydrogen (secondary N) is 2. The Morgan fingerprint density at radius 3 is 2.46 bits per heavy atom. The van der Waals surface area contributed by atoms with E-state index in [4.69, 9.17) is 18.9 Å². The molecule has 0 bridgehead atoms. The molecule has 0 saturated heterocycles. The molecule has 10 nitrogen and oxygen atoms in total. The quantitative estimate of drug-likeness (QED) is 0.264. The summed E-state index contributed by atoms with van der Waals surface area (Å²) >= 11 is 0. The number of nitrogens with zero attached hydrogens (tertiary/aromatic N) is 3. The maximum absolute atomic E-state index is 13.9. The molecule has 1 aliphatic heterocycles. The molecule has 1 unspecified atom stereocenters. The van der Waals surface area contributed by atoms with Crippen LogP contribution < -0.4 is 29.6 Å². The standard InChI is InChI=1S/C31H33N5O5/c1-6-40-27-15-22(11-13-26(27)41-17-21-9-7-19(2)8-10-21)29-28(20(3)34-31-32-18-33-36(29)31)30(37)35-24-16-23(38-4)12-14-25(24)39-5/h7-16,18,29H,6,17H2,1-5H3,(H,35,37)(H,32,33,34). The highest BCUT2D eigenvalue weighted by molar-refractivity contribution is 6.06. The number of aryl methyl sites for hydroxylation is 1. The van der Waals surface area contributed by atoms with Gasteiger partial charge in [-0.3, -0.25) is 4.79 Å². The van der Waals surface area contributed by atoms with Gasteiger partial charge in [0.05, 0.1) is 32.1 Å². The van der Waals surface area contributed by atoms with Crippen LogP contribution in [0.15, 0.2) is 78.3 Å². The Balaban J connectivity index is 1.49. The molecule has 5 rings (SSSR count). The van der Waals surface area contributed by atoms with Gasteiger partial charge in [-0.25, -0.2) is 4.68 Å². The molecule has 0 spiro atoms. The Morgan fingerprint density at radius 1 is 0.951 bits per heavy atom. The van der Waals surface area contributed by atoms with Crippen molar-refractivity contribution in [2.24, 2.45) is 0 Å². The summed E-state index contributed by atoms with van der Waals surface area (Å²) in [5, 5.41) is 10.6. The van der Waals surface area contributed by atoms with Gasteiger partial charge >= 0.3 is 0 Å². The zero-order valence-corrected chi connectivity index (χ0v) is 23.7. The summed E-state index contributed by atoms with van der Waals surface area (Å²) in [5.41, 5.74) is 4.62. The Kier molecular flexibility index (Phi) is 8.09.